The Hall–Kier alpha value is -3.23. The van der Waals surface area contributed by atoms with E-state index in [1.54, 1.807) is 24.3 Å². The first-order chi connectivity index (χ1) is 13.9. The molecule has 4 N–H and O–H groups in total. The summed E-state index contributed by atoms with van der Waals surface area (Å²) in [6.07, 6.45) is 1.53. The molecule has 0 heterocycles. The van der Waals surface area contributed by atoms with Crippen LogP contribution in [0.25, 0.3) is 11.1 Å². The standard InChI is InChI=1S/C21H25N3O5/c1-22-19(26)18(20(27)23-29)24(2)21(28)17-11-9-16(10-12-17)15-7-5-14(6-8-15)4-3-13-25/h5-12,18,25,29H,3-4,13H2,1-2H3,(H,22,26)(H,23,27). The average Bonchev–Trinajstić information content (AvgIpc) is 2.77. The number of likely N-dealkylation sites (N-methyl/N-ethyl adjacent to an activating group) is 2. The third-order valence-corrected chi connectivity index (χ3v) is 4.60. The highest BCUT2D eigenvalue weighted by Gasteiger charge is 2.33. The summed E-state index contributed by atoms with van der Waals surface area (Å²) in [6, 6.07) is 13.3. The highest BCUT2D eigenvalue weighted by Crippen LogP contribution is 2.21. The number of rotatable bonds is 8. The van der Waals surface area contributed by atoms with Crippen LogP contribution in [0.5, 0.6) is 0 Å². The topological polar surface area (TPSA) is 119 Å². The molecule has 0 aromatic heterocycles. The predicted octanol–water partition coefficient (Wildman–Crippen LogP) is 0.971. The molecule has 0 aliphatic heterocycles. The molecule has 0 fully saturated rings. The first-order valence-corrected chi connectivity index (χ1v) is 9.15. The molecule has 29 heavy (non-hydrogen) atoms. The fourth-order valence-electron chi connectivity index (χ4n) is 2.94. The zero-order valence-electron chi connectivity index (χ0n) is 16.4. The molecular formula is C21H25N3O5. The molecule has 8 heteroatoms. The third-order valence-electron chi connectivity index (χ3n) is 4.60. The lowest BCUT2D eigenvalue weighted by Crippen LogP contribution is -2.54. The lowest BCUT2D eigenvalue weighted by atomic mass is 10.0. The maximum atomic E-state index is 12.7. The van der Waals surface area contributed by atoms with E-state index in [9.17, 15) is 14.4 Å². The number of benzene rings is 2. The summed E-state index contributed by atoms with van der Waals surface area (Å²) in [5.74, 6) is -2.25. The lowest BCUT2D eigenvalue weighted by molar-refractivity contribution is -0.140. The number of carbonyl (C=O) groups excluding carboxylic acids is 3. The summed E-state index contributed by atoms with van der Waals surface area (Å²) in [4.78, 5) is 37.4. The van der Waals surface area contributed by atoms with E-state index >= 15 is 0 Å². The fraction of sp³-hybridized carbons (Fsp3) is 0.286. The Morgan fingerprint density at radius 3 is 2.00 bits per heavy atom. The first kappa shape index (κ1) is 22.1. The van der Waals surface area contributed by atoms with E-state index in [1.165, 1.54) is 19.6 Å². The van der Waals surface area contributed by atoms with Crippen molar-refractivity contribution >= 4 is 17.7 Å². The van der Waals surface area contributed by atoms with Crippen LogP contribution in [0.15, 0.2) is 48.5 Å². The molecule has 2 rings (SSSR count). The molecule has 0 radical (unpaired) electrons. The lowest BCUT2D eigenvalue weighted by Gasteiger charge is -2.25. The summed E-state index contributed by atoms with van der Waals surface area (Å²) >= 11 is 0. The Labute approximate surface area is 169 Å². The highest BCUT2D eigenvalue weighted by molar-refractivity contribution is 6.08. The van der Waals surface area contributed by atoms with E-state index in [4.69, 9.17) is 10.3 Å². The Bertz CT molecular complexity index is 834. The van der Waals surface area contributed by atoms with Crippen molar-refractivity contribution in [3.8, 4) is 11.1 Å². The van der Waals surface area contributed by atoms with Gasteiger partial charge >= 0.3 is 0 Å². The average molecular weight is 399 g/mol. The molecule has 0 bridgehead atoms. The van der Waals surface area contributed by atoms with Crippen molar-refractivity contribution in [1.82, 2.24) is 15.7 Å². The van der Waals surface area contributed by atoms with Crippen LogP contribution in [-0.4, -0.2) is 59.7 Å². The van der Waals surface area contributed by atoms with Gasteiger partial charge in [-0.05, 0) is 41.7 Å². The Morgan fingerprint density at radius 1 is 0.966 bits per heavy atom. The van der Waals surface area contributed by atoms with Crippen LogP contribution < -0.4 is 10.8 Å². The van der Waals surface area contributed by atoms with Gasteiger partial charge in [-0.1, -0.05) is 36.4 Å². The number of aliphatic hydroxyl groups excluding tert-OH is 1. The maximum absolute atomic E-state index is 12.7. The molecule has 3 amide bonds. The first-order valence-electron chi connectivity index (χ1n) is 9.15. The van der Waals surface area contributed by atoms with Crippen LogP contribution in [0.2, 0.25) is 0 Å². The van der Waals surface area contributed by atoms with Crippen LogP contribution in [0.4, 0.5) is 0 Å². The van der Waals surface area contributed by atoms with Gasteiger partial charge in [0.15, 0.2) is 6.04 Å². The Morgan fingerprint density at radius 2 is 1.52 bits per heavy atom. The third kappa shape index (κ3) is 5.40. The highest BCUT2D eigenvalue weighted by atomic mass is 16.5. The van der Waals surface area contributed by atoms with Crippen molar-refractivity contribution in [2.45, 2.75) is 18.9 Å². The molecule has 1 atom stereocenters. The predicted molar refractivity (Wildman–Crippen MR) is 107 cm³/mol. The zero-order chi connectivity index (χ0) is 21.4. The molecule has 2 aromatic carbocycles. The smallest absolute Gasteiger partial charge is 0.275 e. The normalized spacial score (nSPS) is 11.4. The quantitative estimate of drug-likeness (QED) is 0.300. The van der Waals surface area contributed by atoms with Gasteiger partial charge in [0.25, 0.3) is 17.7 Å². The molecule has 0 spiro atoms. The van der Waals surface area contributed by atoms with Crippen molar-refractivity contribution in [3.63, 3.8) is 0 Å². The SMILES string of the molecule is CNC(=O)C(C(=O)NO)N(C)C(=O)c1ccc(-c2ccc(CCCO)cc2)cc1. The van der Waals surface area contributed by atoms with Gasteiger partial charge in [0.2, 0.25) is 0 Å². The molecule has 2 aromatic rings. The second-order valence-electron chi connectivity index (χ2n) is 6.51. The molecular weight excluding hydrogens is 374 g/mol. The van der Waals surface area contributed by atoms with Crippen molar-refractivity contribution < 1.29 is 24.7 Å². The number of nitrogens with one attached hydrogen (secondary N) is 2. The zero-order valence-corrected chi connectivity index (χ0v) is 16.4. The van der Waals surface area contributed by atoms with Gasteiger partial charge in [0, 0.05) is 26.3 Å². The number of hydrogen-bond donors (Lipinski definition) is 4. The molecule has 0 saturated carbocycles. The summed E-state index contributed by atoms with van der Waals surface area (Å²) in [5.41, 5.74) is 4.74. The van der Waals surface area contributed by atoms with Gasteiger partial charge in [-0.15, -0.1) is 0 Å². The van der Waals surface area contributed by atoms with Crippen molar-refractivity contribution in [1.29, 1.82) is 0 Å². The minimum atomic E-state index is -1.50. The molecule has 0 saturated heterocycles. The molecule has 0 aliphatic carbocycles. The molecule has 1 unspecified atom stereocenters. The minimum Gasteiger partial charge on any atom is -0.396 e. The number of hydrogen-bond acceptors (Lipinski definition) is 5. The van der Waals surface area contributed by atoms with Gasteiger partial charge in [0.05, 0.1) is 0 Å². The van der Waals surface area contributed by atoms with Crippen LogP contribution in [0, 0.1) is 0 Å². The number of nitrogens with zero attached hydrogens (tertiary/aromatic N) is 1. The number of hydroxylamine groups is 1. The van der Waals surface area contributed by atoms with Crippen LogP contribution in [-0.2, 0) is 16.0 Å². The molecule has 0 aliphatic rings. The summed E-state index contributed by atoms with van der Waals surface area (Å²) < 4.78 is 0. The van der Waals surface area contributed by atoms with Gasteiger partial charge < -0.3 is 15.3 Å². The van der Waals surface area contributed by atoms with E-state index < -0.39 is 23.8 Å². The largest absolute Gasteiger partial charge is 0.396 e. The van der Waals surface area contributed by atoms with Gasteiger partial charge in [-0.2, -0.15) is 0 Å². The van der Waals surface area contributed by atoms with Gasteiger partial charge in [-0.25, -0.2) is 5.48 Å². The van der Waals surface area contributed by atoms with Gasteiger partial charge in [0.1, 0.15) is 0 Å². The molecule has 8 nitrogen and oxygen atoms in total. The van der Waals surface area contributed by atoms with Crippen LogP contribution in [0.1, 0.15) is 22.3 Å². The minimum absolute atomic E-state index is 0.159. The summed E-state index contributed by atoms with van der Waals surface area (Å²) in [6.45, 7) is 0.159. The monoisotopic (exact) mass is 399 g/mol. The van der Waals surface area contributed by atoms with Crippen molar-refractivity contribution in [2.24, 2.45) is 0 Å². The number of amides is 3. The second-order valence-corrected chi connectivity index (χ2v) is 6.51. The number of carbonyl (C=O) groups is 3. The van der Waals surface area contributed by atoms with Crippen molar-refractivity contribution in [2.75, 3.05) is 20.7 Å². The van der Waals surface area contributed by atoms with Crippen LogP contribution in [0.3, 0.4) is 0 Å². The Balaban J connectivity index is 2.17. The maximum Gasteiger partial charge on any atom is 0.275 e. The van der Waals surface area contributed by atoms with E-state index in [2.05, 4.69) is 5.32 Å². The molecule has 154 valence electrons. The van der Waals surface area contributed by atoms with E-state index in [0.29, 0.717) is 5.56 Å². The van der Waals surface area contributed by atoms with E-state index in [1.807, 2.05) is 24.3 Å². The van der Waals surface area contributed by atoms with Crippen LogP contribution >= 0.6 is 0 Å². The van der Waals surface area contributed by atoms with Crippen molar-refractivity contribution in [3.05, 3.63) is 59.7 Å². The van der Waals surface area contributed by atoms with Gasteiger partial charge in [-0.3, -0.25) is 19.6 Å². The summed E-state index contributed by atoms with van der Waals surface area (Å²) in [5, 5.41) is 20.1. The fourth-order valence-corrected chi connectivity index (χ4v) is 2.94. The van der Waals surface area contributed by atoms with E-state index in [0.717, 1.165) is 34.4 Å². The number of aryl methyl sites for hydroxylation is 1. The Kier molecular flexibility index (Phi) is 7.88. The van der Waals surface area contributed by atoms with E-state index in [-0.39, 0.29) is 6.61 Å². The second kappa shape index (κ2) is 10.4. The number of aliphatic hydroxyl groups is 1. The summed E-state index contributed by atoms with van der Waals surface area (Å²) in [7, 11) is 2.65.